The summed E-state index contributed by atoms with van der Waals surface area (Å²) in [5.74, 6) is -0.210. The Morgan fingerprint density at radius 2 is 2.07 bits per heavy atom. The predicted octanol–water partition coefficient (Wildman–Crippen LogP) is 1.99. The number of methoxy groups -OCH3 is 1. The van der Waals surface area contributed by atoms with Crippen molar-refractivity contribution in [1.29, 1.82) is 0 Å². The minimum absolute atomic E-state index is 0.164. The highest BCUT2D eigenvalue weighted by Gasteiger charge is 2.07. The third-order valence-electron chi connectivity index (χ3n) is 2.14. The van der Waals surface area contributed by atoms with Crippen LogP contribution in [-0.2, 0) is 16.0 Å². The van der Waals surface area contributed by atoms with Gasteiger partial charge in [0.25, 0.3) is 0 Å². The molecule has 3 heteroatoms. The van der Waals surface area contributed by atoms with Crippen LogP contribution in [-0.4, -0.2) is 18.9 Å². The van der Waals surface area contributed by atoms with Crippen LogP contribution < -0.4 is 0 Å². The molecule has 80 valence electrons. The van der Waals surface area contributed by atoms with Crippen LogP contribution in [0.4, 0.5) is 0 Å². The molecule has 1 aromatic rings. The van der Waals surface area contributed by atoms with E-state index in [1.807, 2.05) is 13.0 Å². The zero-order chi connectivity index (χ0) is 11.3. The number of esters is 1. The molecule has 0 spiro atoms. The van der Waals surface area contributed by atoms with E-state index < -0.39 is 0 Å². The molecule has 0 aliphatic rings. The van der Waals surface area contributed by atoms with Crippen LogP contribution in [0.5, 0.6) is 0 Å². The minimum atomic E-state index is -0.374. The van der Waals surface area contributed by atoms with E-state index in [2.05, 4.69) is 4.74 Å². The third-order valence-corrected chi connectivity index (χ3v) is 2.14. The molecule has 15 heavy (non-hydrogen) atoms. The van der Waals surface area contributed by atoms with E-state index in [0.717, 1.165) is 5.56 Å². The Morgan fingerprint density at radius 1 is 1.33 bits per heavy atom. The quantitative estimate of drug-likeness (QED) is 0.707. The minimum Gasteiger partial charge on any atom is -0.465 e. The lowest BCUT2D eigenvalue weighted by Crippen LogP contribution is -2.04. The van der Waals surface area contributed by atoms with Gasteiger partial charge in [-0.15, -0.1) is 0 Å². The molecular formula is C12H14O3. The van der Waals surface area contributed by atoms with Gasteiger partial charge in [-0.25, -0.2) is 4.79 Å². The topological polar surface area (TPSA) is 43.4 Å². The van der Waals surface area contributed by atoms with Gasteiger partial charge >= 0.3 is 5.97 Å². The maximum absolute atomic E-state index is 11.2. The molecular weight excluding hydrogens is 192 g/mol. The summed E-state index contributed by atoms with van der Waals surface area (Å²) in [7, 11) is 1.34. The standard InChI is InChI=1S/C12H14O3/c1-3-11(13)8-9-5-4-6-10(7-9)12(14)15-2/h4-7H,3,8H2,1-2H3. The van der Waals surface area contributed by atoms with Crippen molar-refractivity contribution in [2.24, 2.45) is 0 Å². The number of Topliss-reactive ketones (excluding diaryl/α,β-unsaturated/α-hetero) is 1. The predicted molar refractivity (Wildman–Crippen MR) is 56.8 cm³/mol. The normalized spacial score (nSPS) is 9.73. The zero-order valence-corrected chi connectivity index (χ0v) is 8.95. The first-order valence-electron chi connectivity index (χ1n) is 4.86. The van der Waals surface area contributed by atoms with Crippen LogP contribution in [0.15, 0.2) is 24.3 Å². The van der Waals surface area contributed by atoms with Crippen molar-refractivity contribution in [3.8, 4) is 0 Å². The lowest BCUT2D eigenvalue weighted by atomic mass is 10.0. The van der Waals surface area contributed by atoms with Crippen LogP contribution in [0.25, 0.3) is 0 Å². The maximum Gasteiger partial charge on any atom is 0.337 e. The SMILES string of the molecule is CCC(=O)Cc1cccc(C(=O)OC)c1. The van der Waals surface area contributed by atoms with Crippen molar-refractivity contribution >= 4 is 11.8 Å². The fourth-order valence-electron chi connectivity index (χ4n) is 1.28. The third kappa shape index (κ3) is 3.20. The second-order valence-electron chi connectivity index (χ2n) is 3.26. The highest BCUT2D eigenvalue weighted by atomic mass is 16.5. The van der Waals surface area contributed by atoms with E-state index >= 15 is 0 Å². The van der Waals surface area contributed by atoms with Gasteiger partial charge in [0.15, 0.2) is 0 Å². The summed E-state index contributed by atoms with van der Waals surface area (Å²) in [5.41, 5.74) is 1.34. The Labute approximate surface area is 89.1 Å². The van der Waals surface area contributed by atoms with E-state index in [9.17, 15) is 9.59 Å². The maximum atomic E-state index is 11.2. The summed E-state index contributed by atoms with van der Waals surface area (Å²) in [6.45, 7) is 1.83. The number of ketones is 1. The van der Waals surface area contributed by atoms with Gasteiger partial charge in [0.1, 0.15) is 5.78 Å². The summed E-state index contributed by atoms with van der Waals surface area (Å²) < 4.78 is 4.60. The Balaban J connectivity index is 2.83. The molecule has 0 heterocycles. The molecule has 0 saturated heterocycles. The highest BCUT2D eigenvalue weighted by molar-refractivity contribution is 5.90. The van der Waals surface area contributed by atoms with Crippen molar-refractivity contribution in [3.05, 3.63) is 35.4 Å². The summed E-state index contributed by atoms with van der Waals surface area (Å²) >= 11 is 0. The molecule has 0 atom stereocenters. The molecule has 0 aliphatic heterocycles. The smallest absolute Gasteiger partial charge is 0.337 e. The van der Waals surface area contributed by atoms with Gasteiger partial charge in [0, 0.05) is 12.8 Å². The van der Waals surface area contributed by atoms with Gasteiger partial charge in [-0.2, -0.15) is 0 Å². The monoisotopic (exact) mass is 206 g/mol. The first kappa shape index (κ1) is 11.4. The fraction of sp³-hybridized carbons (Fsp3) is 0.333. The Hall–Kier alpha value is -1.64. The number of carbonyl (C=O) groups excluding carboxylic acids is 2. The molecule has 0 aliphatic carbocycles. The molecule has 0 unspecified atom stereocenters. The Kier molecular flexibility index (Phi) is 4.03. The van der Waals surface area contributed by atoms with E-state index in [1.165, 1.54) is 7.11 Å². The van der Waals surface area contributed by atoms with Crippen molar-refractivity contribution < 1.29 is 14.3 Å². The second kappa shape index (κ2) is 5.29. The molecule has 0 bridgehead atoms. The number of hydrogen-bond donors (Lipinski definition) is 0. The summed E-state index contributed by atoms with van der Waals surface area (Å²) in [6, 6.07) is 6.95. The first-order chi connectivity index (χ1) is 7.17. The number of ether oxygens (including phenoxy) is 1. The summed E-state index contributed by atoms with van der Waals surface area (Å²) in [5, 5.41) is 0. The van der Waals surface area contributed by atoms with Crippen molar-refractivity contribution in [1.82, 2.24) is 0 Å². The average Bonchev–Trinajstić information content (AvgIpc) is 2.28. The van der Waals surface area contributed by atoms with Gasteiger partial charge in [0.2, 0.25) is 0 Å². The van der Waals surface area contributed by atoms with Crippen LogP contribution in [0.2, 0.25) is 0 Å². The molecule has 0 N–H and O–H groups in total. The summed E-state index contributed by atoms with van der Waals surface area (Å²) in [4.78, 5) is 22.4. The average molecular weight is 206 g/mol. The number of carbonyl (C=O) groups is 2. The molecule has 3 nitrogen and oxygen atoms in total. The first-order valence-corrected chi connectivity index (χ1v) is 4.86. The number of hydrogen-bond acceptors (Lipinski definition) is 3. The molecule has 0 fully saturated rings. The van der Waals surface area contributed by atoms with Crippen molar-refractivity contribution in [2.45, 2.75) is 19.8 Å². The van der Waals surface area contributed by atoms with Crippen molar-refractivity contribution in [3.63, 3.8) is 0 Å². The van der Waals surface area contributed by atoms with Crippen LogP contribution in [0, 0.1) is 0 Å². The van der Waals surface area contributed by atoms with Gasteiger partial charge in [-0.1, -0.05) is 19.1 Å². The highest BCUT2D eigenvalue weighted by Crippen LogP contribution is 2.08. The van der Waals surface area contributed by atoms with Crippen LogP contribution in [0.1, 0.15) is 29.3 Å². The van der Waals surface area contributed by atoms with Gasteiger partial charge in [-0.3, -0.25) is 4.79 Å². The van der Waals surface area contributed by atoms with Gasteiger partial charge < -0.3 is 4.74 Å². The lowest BCUT2D eigenvalue weighted by molar-refractivity contribution is -0.118. The molecule has 0 amide bonds. The van der Waals surface area contributed by atoms with E-state index in [1.54, 1.807) is 18.2 Å². The largest absolute Gasteiger partial charge is 0.465 e. The van der Waals surface area contributed by atoms with E-state index in [-0.39, 0.29) is 11.8 Å². The fourth-order valence-corrected chi connectivity index (χ4v) is 1.28. The second-order valence-corrected chi connectivity index (χ2v) is 3.26. The Morgan fingerprint density at radius 3 is 2.67 bits per heavy atom. The van der Waals surface area contributed by atoms with E-state index in [0.29, 0.717) is 18.4 Å². The molecule has 0 saturated carbocycles. The lowest BCUT2D eigenvalue weighted by Gasteiger charge is -2.02. The number of rotatable bonds is 4. The zero-order valence-electron chi connectivity index (χ0n) is 8.95. The van der Waals surface area contributed by atoms with Gasteiger partial charge in [-0.05, 0) is 17.7 Å². The van der Waals surface area contributed by atoms with Crippen LogP contribution in [0.3, 0.4) is 0 Å². The van der Waals surface area contributed by atoms with Crippen molar-refractivity contribution in [2.75, 3.05) is 7.11 Å². The summed E-state index contributed by atoms with van der Waals surface area (Å²) in [6.07, 6.45) is 0.893. The van der Waals surface area contributed by atoms with E-state index in [4.69, 9.17) is 0 Å². The molecule has 0 radical (unpaired) electrons. The van der Waals surface area contributed by atoms with Crippen LogP contribution >= 0.6 is 0 Å². The number of benzene rings is 1. The molecule has 0 aromatic heterocycles. The Bertz CT molecular complexity index is 369. The molecule has 1 rings (SSSR count). The van der Waals surface area contributed by atoms with Gasteiger partial charge in [0.05, 0.1) is 12.7 Å². The molecule has 1 aromatic carbocycles.